The van der Waals surface area contributed by atoms with Gasteiger partial charge in [0.25, 0.3) is 6.43 Å². The third kappa shape index (κ3) is 3.01. The predicted molar refractivity (Wildman–Crippen MR) is 89.0 cm³/mol. The smallest absolute Gasteiger partial charge is 0.257 e. The minimum atomic E-state index is -2.88. The molecule has 8 heteroatoms. The van der Waals surface area contributed by atoms with Gasteiger partial charge in [-0.3, -0.25) is 9.67 Å². The number of pyridine rings is 1. The summed E-state index contributed by atoms with van der Waals surface area (Å²) in [7, 11) is 0. The zero-order valence-corrected chi connectivity index (χ0v) is 13.4. The van der Waals surface area contributed by atoms with E-state index >= 15 is 0 Å². The fourth-order valence-electron chi connectivity index (χ4n) is 2.70. The Labute approximate surface area is 146 Å². The van der Waals surface area contributed by atoms with Gasteiger partial charge >= 0.3 is 0 Å². The van der Waals surface area contributed by atoms with Gasteiger partial charge in [-0.1, -0.05) is 6.07 Å². The van der Waals surface area contributed by atoms with Gasteiger partial charge in [0.05, 0.1) is 29.5 Å². The van der Waals surface area contributed by atoms with Crippen molar-refractivity contribution in [1.82, 2.24) is 25.0 Å². The Hall–Kier alpha value is -3.29. The van der Waals surface area contributed by atoms with Crippen LogP contribution >= 0.6 is 0 Å². The largest absolute Gasteiger partial charge is 0.266 e. The quantitative estimate of drug-likeness (QED) is 0.555. The van der Waals surface area contributed by atoms with Gasteiger partial charge in [0, 0.05) is 18.0 Å². The Morgan fingerprint density at radius 1 is 1.04 bits per heavy atom. The lowest BCUT2D eigenvalue weighted by Gasteiger charge is -2.07. The molecule has 0 saturated heterocycles. The lowest BCUT2D eigenvalue weighted by atomic mass is 10.0. The van der Waals surface area contributed by atoms with E-state index in [-0.39, 0.29) is 0 Å². The van der Waals surface area contributed by atoms with E-state index in [2.05, 4.69) is 20.3 Å². The fourth-order valence-corrected chi connectivity index (χ4v) is 2.70. The van der Waals surface area contributed by atoms with Crippen molar-refractivity contribution in [2.75, 3.05) is 0 Å². The first-order valence-electron chi connectivity index (χ1n) is 7.78. The lowest BCUT2D eigenvalue weighted by molar-refractivity contribution is 0.146. The first-order chi connectivity index (χ1) is 12.6. The van der Waals surface area contributed by atoms with Crippen LogP contribution in [0.3, 0.4) is 0 Å². The molecule has 130 valence electrons. The Bertz CT molecular complexity index is 1060. The molecule has 5 nitrogen and oxygen atoms in total. The Morgan fingerprint density at radius 3 is 2.69 bits per heavy atom. The second-order valence-corrected chi connectivity index (χ2v) is 5.68. The fraction of sp³-hybridized carbons (Fsp3) is 0.111. The van der Waals surface area contributed by atoms with Gasteiger partial charge in [-0.15, -0.1) is 0 Å². The lowest BCUT2D eigenvalue weighted by Crippen LogP contribution is -2.04. The van der Waals surface area contributed by atoms with Crippen LogP contribution in [-0.2, 0) is 6.54 Å². The summed E-state index contributed by atoms with van der Waals surface area (Å²) in [4.78, 5) is 4.32. The molecule has 0 radical (unpaired) electrons. The molecule has 0 N–H and O–H groups in total. The molecule has 0 saturated carbocycles. The molecule has 3 aromatic heterocycles. The number of aromatic nitrogens is 5. The molecular formula is C18H12F3N5. The molecule has 0 bridgehead atoms. The van der Waals surface area contributed by atoms with Gasteiger partial charge in [0.2, 0.25) is 0 Å². The highest BCUT2D eigenvalue weighted by molar-refractivity contribution is 5.80. The van der Waals surface area contributed by atoms with Crippen LogP contribution in [0, 0.1) is 5.82 Å². The predicted octanol–water partition coefficient (Wildman–Crippen LogP) is 4.01. The zero-order valence-electron chi connectivity index (χ0n) is 13.4. The molecule has 0 unspecified atom stereocenters. The standard InChI is InChI=1S/C18H12F3N5/c19-15-4-3-11(6-14(15)18(20)21)12-7-17-16(22-8-12)9-24-26(17)10-13-2-1-5-23-25-13/h1-9,18H,10H2. The summed E-state index contributed by atoms with van der Waals surface area (Å²) in [6.07, 6.45) is 1.87. The molecular weight excluding hydrogens is 343 g/mol. The monoisotopic (exact) mass is 355 g/mol. The maximum absolute atomic E-state index is 13.5. The molecule has 0 spiro atoms. The first-order valence-corrected chi connectivity index (χ1v) is 7.78. The second kappa shape index (κ2) is 6.55. The minimum Gasteiger partial charge on any atom is -0.257 e. The van der Waals surface area contributed by atoms with E-state index in [0.29, 0.717) is 23.2 Å². The number of halogens is 3. The van der Waals surface area contributed by atoms with Gasteiger partial charge in [-0.05, 0) is 35.9 Å². The van der Waals surface area contributed by atoms with Crippen molar-refractivity contribution in [2.24, 2.45) is 0 Å². The highest BCUT2D eigenvalue weighted by atomic mass is 19.3. The molecule has 0 aliphatic carbocycles. The number of alkyl halides is 2. The summed E-state index contributed by atoms with van der Waals surface area (Å²) in [5.74, 6) is -0.925. The highest BCUT2D eigenvalue weighted by Gasteiger charge is 2.15. The summed E-state index contributed by atoms with van der Waals surface area (Å²) in [6.45, 7) is 0.397. The maximum Gasteiger partial charge on any atom is 0.266 e. The highest BCUT2D eigenvalue weighted by Crippen LogP contribution is 2.29. The maximum atomic E-state index is 13.5. The average molecular weight is 355 g/mol. The third-order valence-electron chi connectivity index (χ3n) is 4.00. The van der Waals surface area contributed by atoms with E-state index in [1.165, 1.54) is 6.07 Å². The van der Waals surface area contributed by atoms with Crippen molar-refractivity contribution < 1.29 is 13.2 Å². The summed E-state index contributed by atoms with van der Waals surface area (Å²) < 4.78 is 41.1. The summed E-state index contributed by atoms with van der Waals surface area (Å²) in [5, 5.41) is 12.1. The van der Waals surface area contributed by atoms with Crippen molar-refractivity contribution in [3.05, 3.63) is 72.1 Å². The van der Waals surface area contributed by atoms with Crippen LogP contribution in [0.2, 0.25) is 0 Å². The van der Waals surface area contributed by atoms with E-state index in [4.69, 9.17) is 0 Å². The zero-order chi connectivity index (χ0) is 18.1. The molecule has 4 rings (SSSR count). The molecule has 0 fully saturated rings. The summed E-state index contributed by atoms with van der Waals surface area (Å²) in [6, 6.07) is 9.03. The van der Waals surface area contributed by atoms with Gasteiger partial charge in [-0.25, -0.2) is 13.2 Å². The van der Waals surface area contributed by atoms with Gasteiger partial charge in [-0.2, -0.15) is 15.3 Å². The van der Waals surface area contributed by atoms with Gasteiger partial charge < -0.3 is 0 Å². The van der Waals surface area contributed by atoms with E-state index in [1.807, 2.05) is 6.07 Å². The van der Waals surface area contributed by atoms with E-state index < -0.39 is 17.8 Å². The van der Waals surface area contributed by atoms with Crippen LogP contribution in [0.15, 0.2) is 55.0 Å². The van der Waals surface area contributed by atoms with Crippen molar-refractivity contribution in [1.29, 1.82) is 0 Å². The molecule has 0 atom stereocenters. The second-order valence-electron chi connectivity index (χ2n) is 5.68. The number of rotatable bonds is 4. The van der Waals surface area contributed by atoms with Gasteiger partial charge in [0.1, 0.15) is 11.3 Å². The topological polar surface area (TPSA) is 56.5 Å². The molecule has 0 amide bonds. The van der Waals surface area contributed by atoms with E-state index in [9.17, 15) is 13.2 Å². The normalized spacial score (nSPS) is 11.4. The molecule has 3 heterocycles. The molecule has 26 heavy (non-hydrogen) atoms. The van der Waals surface area contributed by atoms with Crippen molar-refractivity contribution in [3.63, 3.8) is 0 Å². The Kier molecular flexibility index (Phi) is 4.08. The van der Waals surface area contributed by atoms with Crippen LogP contribution in [0.5, 0.6) is 0 Å². The van der Waals surface area contributed by atoms with Gasteiger partial charge in [0.15, 0.2) is 0 Å². The average Bonchev–Trinajstić information content (AvgIpc) is 3.05. The number of hydrogen-bond donors (Lipinski definition) is 0. The van der Waals surface area contributed by atoms with Crippen molar-refractivity contribution in [3.8, 4) is 11.1 Å². The van der Waals surface area contributed by atoms with Crippen LogP contribution in [0.4, 0.5) is 13.2 Å². The number of hydrogen-bond acceptors (Lipinski definition) is 4. The minimum absolute atomic E-state index is 0.397. The molecule has 4 aromatic rings. The van der Waals surface area contributed by atoms with Crippen molar-refractivity contribution in [2.45, 2.75) is 13.0 Å². The third-order valence-corrected chi connectivity index (χ3v) is 4.00. The van der Waals surface area contributed by atoms with Crippen LogP contribution in [0.1, 0.15) is 17.7 Å². The van der Waals surface area contributed by atoms with Crippen LogP contribution in [0.25, 0.3) is 22.2 Å². The molecule has 0 aliphatic heterocycles. The van der Waals surface area contributed by atoms with Crippen LogP contribution in [-0.4, -0.2) is 25.0 Å². The van der Waals surface area contributed by atoms with E-state index in [0.717, 1.165) is 23.3 Å². The van der Waals surface area contributed by atoms with Crippen molar-refractivity contribution >= 4 is 11.0 Å². The Morgan fingerprint density at radius 2 is 1.92 bits per heavy atom. The van der Waals surface area contributed by atoms with E-state index in [1.54, 1.807) is 35.4 Å². The number of nitrogens with zero attached hydrogens (tertiary/aromatic N) is 5. The Balaban J connectivity index is 1.76. The van der Waals surface area contributed by atoms with Crippen LogP contribution < -0.4 is 0 Å². The number of benzene rings is 1. The molecule has 1 aromatic carbocycles. The molecule has 0 aliphatic rings. The first kappa shape index (κ1) is 16.2. The summed E-state index contributed by atoms with van der Waals surface area (Å²) in [5.41, 5.74) is 2.54. The summed E-state index contributed by atoms with van der Waals surface area (Å²) >= 11 is 0. The SMILES string of the molecule is Fc1ccc(-c2cnc3cnn(Cc4cccnn4)c3c2)cc1C(F)F. The number of fused-ring (bicyclic) bond motifs is 1.